The molecular weight excluding hydrogens is 412 g/mol. The summed E-state index contributed by atoms with van der Waals surface area (Å²) in [7, 11) is -2.01. The van der Waals surface area contributed by atoms with Crippen LogP contribution in [0.1, 0.15) is 42.6 Å². The van der Waals surface area contributed by atoms with Gasteiger partial charge in [-0.2, -0.15) is 4.31 Å². The first-order chi connectivity index (χ1) is 14.8. The normalized spacial score (nSPS) is 22.1. The predicted molar refractivity (Wildman–Crippen MR) is 121 cm³/mol. The van der Waals surface area contributed by atoms with E-state index in [1.54, 1.807) is 34.5 Å². The quantitative estimate of drug-likeness (QED) is 0.719. The van der Waals surface area contributed by atoms with Gasteiger partial charge in [-0.25, -0.2) is 8.42 Å². The minimum Gasteiger partial charge on any atom is -0.497 e. The first kappa shape index (κ1) is 21.8. The number of aryl methyl sites for hydroxylation is 1. The molecule has 0 saturated carbocycles. The van der Waals surface area contributed by atoms with Gasteiger partial charge in [0.15, 0.2) is 0 Å². The van der Waals surface area contributed by atoms with Crippen molar-refractivity contribution in [2.75, 3.05) is 31.6 Å². The maximum atomic E-state index is 13.4. The summed E-state index contributed by atoms with van der Waals surface area (Å²) in [6, 6.07) is 12.2. The highest BCUT2D eigenvalue weighted by atomic mass is 32.2. The van der Waals surface area contributed by atoms with Gasteiger partial charge in [-0.15, -0.1) is 0 Å². The molecule has 0 aliphatic carbocycles. The third-order valence-corrected chi connectivity index (χ3v) is 8.03. The summed E-state index contributed by atoms with van der Waals surface area (Å²) in [5.41, 5.74) is 2.32. The minimum atomic E-state index is -3.64. The maximum Gasteiger partial charge on any atom is 0.258 e. The molecule has 166 valence electrons. The van der Waals surface area contributed by atoms with Crippen LogP contribution in [0.25, 0.3) is 0 Å². The molecule has 0 radical (unpaired) electrons. The van der Waals surface area contributed by atoms with Gasteiger partial charge < -0.3 is 9.64 Å². The molecule has 4 rings (SSSR count). The van der Waals surface area contributed by atoms with Crippen molar-refractivity contribution in [3.8, 4) is 5.75 Å². The van der Waals surface area contributed by atoms with Crippen molar-refractivity contribution < 1.29 is 17.9 Å². The number of methoxy groups -OCH3 is 1. The number of carbonyl (C=O) groups excluding carboxylic acids is 1. The highest BCUT2D eigenvalue weighted by Gasteiger charge is 2.32. The number of hydrogen-bond acceptors (Lipinski definition) is 4. The van der Waals surface area contributed by atoms with Gasteiger partial charge in [-0.1, -0.05) is 19.9 Å². The number of sulfonamides is 1. The average Bonchev–Trinajstić information content (AvgIpc) is 2.77. The van der Waals surface area contributed by atoms with Crippen LogP contribution < -0.4 is 9.64 Å². The predicted octanol–water partition coefficient (Wildman–Crippen LogP) is 3.95. The zero-order chi connectivity index (χ0) is 22.2. The lowest BCUT2D eigenvalue weighted by Gasteiger charge is -2.34. The number of hydrogen-bond donors (Lipinski definition) is 0. The molecule has 2 aliphatic rings. The van der Waals surface area contributed by atoms with Gasteiger partial charge in [-0.3, -0.25) is 4.79 Å². The molecule has 2 aliphatic heterocycles. The van der Waals surface area contributed by atoms with Gasteiger partial charge in [0, 0.05) is 30.9 Å². The number of carbonyl (C=O) groups is 1. The SMILES string of the molecule is COc1ccc2c(c1)CCCN2C(=O)c1cccc(S(=O)(=O)N2CC(C)CC(C)C2)c1. The van der Waals surface area contributed by atoms with Crippen LogP contribution in [-0.4, -0.2) is 45.4 Å². The van der Waals surface area contributed by atoms with E-state index in [-0.39, 0.29) is 10.8 Å². The van der Waals surface area contributed by atoms with Gasteiger partial charge >= 0.3 is 0 Å². The largest absolute Gasteiger partial charge is 0.497 e. The van der Waals surface area contributed by atoms with E-state index in [1.165, 1.54) is 6.07 Å². The Morgan fingerprint density at radius 3 is 2.52 bits per heavy atom. The number of anilines is 1. The van der Waals surface area contributed by atoms with Crippen molar-refractivity contribution in [1.82, 2.24) is 4.31 Å². The van der Waals surface area contributed by atoms with E-state index in [9.17, 15) is 13.2 Å². The molecule has 2 heterocycles. The zero-order valence-electron chi connectivity index (χ0n) is 18.4. The molecule has 1 fully saturated rings. The van der Waals surface area contributed by atoms with E-state index in [0.29, 0.717) is 37.0 Å². The zero-order valence-corrected chi connectivity index (χ0v) is 19.2. The number of amides is 1. The number of rotatable bonds is 4. The van der Waals surface area contributed by atoms with E-state index in [2.05, 4.69) is 13.8 Å². The van der Waals surface area contributed by atoms with E-state index < -0.39 is 10.0 Å². The summed E-state index contributed by atoms with van der Waals surface area (Å²) >= 11 is 0. The molecule has 7 heteroatoms. The first-order valence-electron chi connectivity index (χ1n) is 10.9. The molecule has 1 saturated heterocycles. The van der Waals surface area contributed by atoms with Crippen LogP contribution in [0.15, 0.2) is 47.4 Å². The number of piperidine rings is 1. The van der Waals surface area contributed by atoms with E-state index in [0.717, 1.165) is 36.3 Å². The summed E-state index contributed by atoms with van der Waals surface area (Å²) in [5.74, 6) is 1.24. The smallest absolute Gasteiger partial charge is 0.258 e. The van der Waals surface area contributed by atoms with Crippen molar-refractivity contribution >= 4 is 21.6 Å². The van der Waals surface area contributed by atoms with E-state index in [4.69, 9.17) is 4.74 Å². The Labute approximate surface area is 184 Å². The fourth-order valence-corrected chi connectivity index (χ4v) is 6.53. The van der Waals surface area contributed by atoms with Crippen molar-refractivity contribution in [2.24, 2.45) is 11.8 Å². The Bertz CT molecular complexity index is 1070. The standard InChI is InChI=1S/C24H30N2O4S/c1-17-12-18(2)16-25(15-17)31(28,29)22-8-4-6-20(14-22)24(27)26-11-5-7-19-13-21(30-3)9-10-23(19)26/h4,6,8-10,13-14,17-18H,5,7,11-12,15-16H2,1-3H3. The summed E-state index contributed by atoms with van der Waals surface area (Å²) in [6.07, 6.45) is 2.77. The minimum absolute atomic E-state index is 0.177. The van der Waals surface area contributed by atoms with E-state index >= 15 is 0 Å². The molecule has 2 unspecified atom stereocenters. The number of fused-ring (bicyclic) bond motifs is 1. The van der Waals surface area contributed by atoms with Crippen LogP contribution in [0.2, 0.25) is 0 Å². The third-order valence-electron chi connectivity index (χ3n) is 6.20. The molecule has 2 aromatic rings. The van der Waals surface area contributed by atoms with Crippen molar-refractivity contribution in [2.45, 2.75) is 38.0 Å². The molecule has 0 aromatic heterocycles. The highest BCUT2D eigenvalue weighted by molar-refractivity contribution is 7.89. The summed E-state index contributed by atoms with van der Waals surface area (Å²) in [5, 5.41) is 0. The van der Waals surface area contributed by atoms with Crippen LogP contribution >= 0.6 is 0 Å². The fourth-order valence-electron chi connectivity index (χ4n) is 4.81. The molecule has 2 aromatic carbocycles. The lowest BCUT2D eigenvalue weighted by Crippen LogP contribution is -2.42. The van der Waals surface area contributed by atoms with Crippen LogP contribution in [0.3, 0.4) is 0 Å². The van der Waals surface area contributed by atoms with Crippen LogP contribution in [-0.2, 0) is 16.4 Å². The molecule has 1 amide bonds. The van der Waals surface area contributed by atoms with E-state index in [1.807, 2.05) is 18.2 Å². The third kappa shape index (κ3) is 4.34. The molecule has 31 heavy (non-hydrogen) atoms. The van der Waals surface area contributed by atoms with Gasteiger partial charge in [0.05, 0.1) is 12.0 Å². The maximum absolute atomic E-state index is 13.4. The summed E-state index contributed by atoms with van der Waals surface area (Å²) < 4.78 is 33.5. The Kier molecular flexibility index (Phi) is 6.08. The van der Waals surface area contributed by atoms with Crippen molar-refractivity contribution in [3.05, 3.63) is 53.6 Å². The number of benzene rings is 2. The van der Waals surface area contributed by atoms with Crippen LogP contribution in [0.5, 0.6) is 5.75 Å². The molecule has 0 N–H and O–H groups in total. The van der Waals surface area contributed by atoms with Crippen molar-refractivity contribution in [1.29, 1.82) is 0 Å². The first-order valence-corrected chi connectivity index (χ1v) is 12.3. The fraction of sp³-hybridized carbons (Fsp3) is 0.458. The monoisotopic (exact) mass is 442 g/mol. The molecule has 2 atom stereocenters. The summed E-state index contributed by atoms with van der Waals surface area (Å²) in [6.45, 7) is 5.82. The Morgan fingerprint density at radius 1 is 1.06 bits per heavy atom. The molecule has 0 bridgehead atoms. The topological polar surface area (TPSA) is 66.9 Å². The molecular formula is C24H30N2O4S. The van der Waals surface area contributed by atoms with Crippen molar-refractivity contribution in [3.63, 3.8) is 0 Å². The lowest BCUT2D eigenvalue weighted by atomic mass is 9.94. The van der Waals surface area contributed by atoms with Crippen LogP contribution in [0.4, 0.5) is 5.69 Å². The second-order valence-corrected chi connectivity index (χ2v) is 10.8. The van der Waals surface area contributed by atoms with Gasteiger partial charge in [-0.05, 0) is 73.1 Å². The Balaban J connectivity index is 1.63. The summed E-state index contributed by atoms with van der Waals surface area (Å²) in [4.78, 5) is 15.3. The number of ether oxygens (including phenoxy) is 1. The number of nitrogens with zero attached hydrogens (tertiary/aromatic N) is 2. The Morgan fingerprint density at radius 2 is 1.81 bits per heavy atom. The van der Waals surface area contributed by atoms with Crippen LogP contribution in [0, 0.1) is 11.8 Å². The highest BCUT2D eigenvalue weighted by Crippen LogP contribution is 2.32. The molecule has 0 spiro atoms. The second kappa shape index (κ2) is 8.63. The van der Waals surface area contributed by atoms with Gasteiger partial charge in [0.1, 0.15) is 5.75 Å². The second-order valence-electron chi connectivity index (χ2n) is 8.85. The average molecular weight is 443 g/mol. The lowest BCUT2D eigenvalue weighted by molar-refractivity contribution is 0.0985. The van der Waals surface area contributed by atoms with Gasteiger partial charge in [0.2, 0.25) is 10.0 Å². The van der Waals surface area contributed by atoms with Gasteiger partial charge in [0.25, 0.3) is 5.91 Å². The Hall–Kier alpha value is -2.38. The molecule has 6 nitrogen and oxygen atoms in total.